The van der Waals surface area contributed by atoms with Gasteiger partial charge < -0.3 is 24.4 Å². The highest BCUT2D eigenvalue weighted by Gasteiger charge is 2.34. The van der Waals surface area contributed by atoms with Crippen molar-refractivity contribution in [2.24, 2.45) is 11.8 Å². The second-order valence-corrected chi connectivity index (χ2v) is 14.1. The van der Waals surface area contributed by atoms with Gasteiger partial charge in [-0.05, 0) is 118 Å². The molecule has 9 nitrogen and oxygen atoms in total. The van der Waals surface area contributed by atoms with Crippen LogP contribution in [0.4, 0.5) is 10.5 Å². The third-order valence-electron chi connectivity index (χ3n) is 10.7. The predicted molar refractivity (Wildman–Crippen MR) is 181 cm³/mol. The SMILES string of the molecule is COc1ccc(C2CCC(CN(C(=O)C3CCC(OC(=O)NC4COC4)CC3)c3cccc(-c4cnn(C5CC5)c4)c3)CC2)cc1C. The monoisotopic (exact) mass is 640 g/mol. The zero-order valence-electron chi connectivity index (χ0n) is 27.7. The van der Waals surface area contributed by atoms with Crippen molar-refractivity contribution in [3.8, 4) is 16.9 Å². The van der Waals surface area contributed by atoms with Gasteiger partial charge in [0.05, 0.1) is 38.6 Å². The van der Waals surface area contributed by atoms with E-state index < -0.39 is 0 Å². The van der Waals surface area contributed by atoms with E-state index in [0.717, 1.165) is 67.6 Å². The number of alkyl carbamates (subject to hydrolysis) is 1. The van der Waals surface area contributed by atoms with Gasteiger partial charge in [-0.3, -0.25) is 9.48 Å². The molecule has 0 bridgehead atoms. The summed E-state index contributed by atoms with van der Waals surface area (Å²) >= 11 is 0. The molecule has 4 fully saturated rings. The van der Waals surface area contributed by atoms with Crippen molar-refractivity contribution in [3.05, 3.63) is 66.0 Å². The lowest BCUT2D eigenvalue weighted by Gasteiger charge is -2.36. The molecule has 3 aromatic rings. The Morgan fingerprint density at radius 1 is 0.957 bits per heavy atom. The fourth-order valence-electron chi connectivity index (χ4n) is 7.61. The number of ether oxygens (including phenoxy) is 3. The minimum Gasteiger partial charge on any atom is -0.496 e. The van der Waals surface area contributed by atoms with E-state index >= 15 is 0 Å². The van der Waals surface area contributed by atoms with Crippen LogP contribution < -0.4 is 15.0 Å². The normalized spacial score (nSPS) is 24.6. The fourth-order valence-corrected chi connectivity index (χ4v) is 7.61. The van der Waals surface area contributed by atoms with Gasteiger partial charge in [0.15, 0.2) is 0 Å². The number of nitrogens with zero attached hydrogens (tertiary/aromatic N) is 3. The molecule has 2 heterocycles. The molecule has 2 amide bonds. The number of amides is 2. The first kappa shape index (κ1) is 31.7. The minimum atomic E-state index is -0.378. The summed E-state index contributed by atoms with van der Waals surface area (Å²) in [5, 5.41) is 7.47. The van der Waals surface area contributed by atoms with Crippen LogP contribution in [0.25, 0.3) is 11.1 Å². The van der Waals surface area contributed by atoms with E-state index in [2.05, 4.69) is 75.6 Å². The number of hydrogen-bond acceptors (Lipinski definition) is 6. The summed E-state index contributed by atoms with van der Waals surface area (Å²) in [6.45, 7) is 3.92. The number of methoxy groups -OCH3 is 1. The Hall–Kier alpha value is -3.85. The molecular weight excluding hydrogens is 592 g/mol. The van der Waals surface area contributed by atoms with Gasteiger partial charge in [-0.25, -0.2) is 4.79 Å². The molecule has 9 heteroatoms. The average Bonchev–Trinajstić information content (AvgIpc) is 3.81. The first-order chi connectivity index (χ1) is 22.9. The Bertz CT molecular complexity index is 1550. The van der Waals surface area contributed by atoms with Gasteiger partial charge in [0.25, 0.3) is 0 Å². The summed E-state index contributed by atoms with van der Waals surface area (Å²) in [5.74, 6) is 2.02. The molecule has 1 saturated heterocycles. The number of aromatic nitrogens is 2. The van der Waals surface area contributed by atoms with Crippen LogP contribution in [0, 0.1) is 18.8 Å². The van der Waals surface area contributed by atoms with E-state index in [0.29, 0.717) is 43.9 Å². The Balaban J connectivity index is 1.03. The summed E-state index contributed by atoms with van der Waals surface area (Å²) < 4.78 is 18.4. The minimum absolute atomic E-state index is 0.0446. The maximum atomic E-state index is 14.4. The maximum Gasteiger partial charge on any atom is 0.407 e. The zero-order valence-corrected chi connectivity index (χ0v) is 27.7. The summed E-state index contributed by atoms with van der Waals surface area (Å²) in [5.41, 5.74) is 5.71. The van der Waals surface area contributed by atoms with Gasteiger partial charge >= 0.3 is 6.09 Å². The van der Waals surface area contributed by atoms with Crippen molar-refractivity contribution in [1.82, 2.24) is 15.1 Å². The number of carbonyl (C=O) groups is 2. The van der Waals surface area contributed by atoms with Crippen LogP contribution in [0.2, 0.25) is 0 Å². The smallest absolute Gasteiger partial charge is 0.407 e. The van der Waals surface area contributed by atoms with E-state index in [1.165, 1.54) is 24.0 Å². The molecule has 4 aliphatic rings. The van der Waals surface area contributed by atoms with Crippen molar-refractivity contribution >= 4 is 17.7 Å². The molecule has 3 aliphatic carbocycles. The van der Waals surface area contributed by atoms with Gasteiger partial charge in [0.1, 0.15) is 11.9 Å². The van der Waals surface area contributed by atoms with Gasteiger partial charge in [-0.1, -0.05) is 24.3 Å². The molecule has 3 saturated carbocycles. The summed E-state index contributed by atoms with van der Waals surface area (Å²) in [6.07, 6.45) is 13.2. The van der Waals surface area contributed by atoms with E-state index in [1.54, 1.807) is 7.11 Å². The molecule has 0 spiro atoms. The van der Waals surface area contributed by atoms with Crippen LogP contribution in [-0.4, -0.2) is 60.8 Å². The fraction of sp³-hybridized carbons (Fsp3) is 0.553. The van der Waals surface area contributed by atoms with E-state index in [9.17, 15) is 9.59 Å². The van der Waals surface area contributed by atoms with Crippen molar-refractivity contribution < 1.29 is 23.8 Å². The number of anilines is 1. The van der Waals surface area contributed by atoms with Crippen molar-refractivity contribution in [2.45, 2.75) is 95.2 Å². The van der Waals surface area contributed by atoms with Crippen molar-refractivity contribution in [2.75, 3.05) is 31.8 Å². The Kier molecular flexibility index (Phi) is 9.52. The molecular formula is C38H48N4O5. The lowest BCUT2D eigenvalue weighted by Crippen LogP contribution is -2.49. The Morgan fingerprint density at radius 2 is 1.74 bits per heavy atom. The van der Waals surface area contributed by atoms with Crippen LogP contribution in [0.15, 0.2) is 54.9 Å². The third-order valence-corrected chi connectivity index (χ3v) is 10.7. The van der Waals surface area contributed by atoms with Crippen LogP contribution >= 0.6 is 0 Å². The maximum absolute atomic E-state index is 14.4. The second-order valence-electron chi connectivity index (χ2n) is 14.1. The number of rotatable bonds is 10. The van der Waals surface area contributed by atoms with Gasteiger partial charge in [-0.15, -0.1) is 0 Å². The van der Waals surface area contributed by atoms with Crippen LogP contribution in [0.5, 0.6) is 5.75 Å². The standard InChI is InChI=1S/C38H48N4O5/c1-25-18-30(12-17-36(25)45-2)27-8-6-26(7-9-27)21-41(34-5-3-4-29(19-34)31-20-39-42(22-31)33-13-14-33)37(43)28-10-15-35(16-11-28)47-38(44)40-32-23-46-24-32/h3-5,12,17-20,22,26-28,32-33,35H,6-11,13-16,21,23-24H2,1-2H3,(H,40,44). The zero-order chi connectivity index (χ0) is 32.3. The number of benzene rings is 2. The Labute approximate surface area is 277 Å². The van der Waals surface area contributed by atoms with Gasteiger partial charge in [0, 0.05) is 29.9 Å². The molecule has 0 atom stereocenters. The lowest BCUT2D eigenvalue weighted by molar-refractivity contribution is -0.124. The topological polar surface area (TPSA) is 94.9 Å². The summed E-state index contributed by atoms with van der Waals surface area (Å²) in [4.78, 5) is 28.8. The summed E-state index contributed by atoms with van der Waals surface area (Å²) in [7, 11) is 1.72. The third kappa shape index (κ3) is 7.51. The highest BCUT2D eigenvalue weighted by molar-refractivity contribution is 5.95. The van der Waals surface area contributed by atoms with Crippen molar-refractivity contribution in [3.63, 3.8) is 0 Å². The molecule has 2 aromatic carbocycles. The highest BCUT2D eigenvalue weighted by Crippen LogP contribution is 2.40. The van der Waals surface area contributed by atoms with Gasteiger partial charge in [0.2, 0.25) is 5.91 Å². The summed E-state index contributed by atoms with van der Waals surface area (Å²) in [6, 6.07) is 15.6. The molecule has 1 N–H and O–H groups in total. The van der Waals surface area contributed by atoms with Crippen LogP contribution in [0.3, 0.4) is 0 Å². The molecule has 47 heavy (non-hydrogen) atoms. The van der Waals surface area contributed by atoms with Crippen LogP contribution in [0.1, 0.15) is 87.3 Å². The molecule has 250 valence electrons. The molecule has 1 aliphatic heterocycles. The largest absolute Gasteiger partial charge is 0.496 e. The van der Waals surface area contributed by atoms with Crippen molar-refractivity contribution in [1.29, 1.82) is 0 Å². The van der Waals surface area contributed by atoms with Crippen LogP contribution in [-0.2, 0) is 14.3 Å². The lowest BCUT2D eigenvalue weighted by atomic mass is 9.78. The molecule has 0 radical (unpaired) electrons. The van der Waals surface area contributed by atoms with E-state index in [1.807, 2.05) is 6.20 Å². The van der Waals surface area contributed by atoms with E-state index in [4.69, 9.17) is 14.2 Å². The number of hydrogen-bond donors (Lipinski definition) is 1. The predicted octanol–water partition coefficient (Wildman–Crippen LogP) is 7.19. The first-order valence-electron chi connectivity index (χ1n) is 17.6. The number of aryl methyl sites for hydroxylation is 1. The number of carbonyl (C=O) groups excluding carboxylic acids is 2. The molecule has 7 rings (SSSR count). The molecule has 0 unspecified atom stereocenters. The second kappa shape index (κ2) is 14.1. The van der Waals surface area contributed by atoms with Gasteiger partial charge in [-0.2, -0.15) is 5.10 Å². The first-order valence-corrected chi connectivity index (χ1v) is 17.6. The average molecular weight is 641 g/mol. The quantitative estimate of drug-likeness (QED) is 0.252. The Morgan fingerprint density at radius 3 is 2.43 bits per heavy atom. The number of nitrogens with one attached hydrogen (secondary N) is 1. The highest BCUT2D eigenvalue weighted by atomic mass is 16.6. The van der Waals surface area contributed by atoms with E-state index in [-0.39, 0.29) is 30.1 Å². The molecule has 1 aromatic heterocycles.